The van der Waals surface area contributed by atoms with E-state index in [1.54, 1.807) is 4.90 Å². The van der Waals surface area contributed by atoms with Crippen LogP contribution in [-0.2, 0) is 11.3 Å². The highest BCUT2D eigenvalue weighted by molar-refractivity contribution is 5.77. The number of amides is 1. The Bertz CT molecular complexity index is 1010. The summed E-state index contributed by atoms with van der Waals surface area (Å²) in [7, 11) is 3.65. The van der Waals surface area contributed by atoms with E-state index in [1.165, 1.54) is 11.1 Å². The van der Waals surface area contributed by atoms with Gasteiger partial charge in [0.05, 0.1) is 30.2 Å². The molecule has 1 saturated heterocycles. The lowest BCUT2D eigenvalue weighted by Gasteiger charge is -2.24. The van der Waals surface area contributed by atoms with Crippen LogP contribution in [0.4, 0.5) is 0 Å². The van der Waals surface area contributed by atoms with Gasteiger partial charge in [-0.25, -0.2) is 4.98 Å². The normalized spacial score (nSPS) is 16.9. The molecule has 0 radical (unpaired) electrons. The second-order valence-electron chi connectivity index (χ2n) is 8.67. The number of hydrogen-bond acceptors (Lipinski definition) is 4. The standard InChI is InChI=1S/C25H33N5O/c1-20(21-10-5-4-6-11-21)30-23-13-8-7-12-22(23)26-24(30)18-28-14-9-15-29(17-16-28)19-25(31)27(2)3/h4-8,10-13,20H,9,14-19H2,1-3H3. The van der Waals surface area contributed by atoms with Crippen LogP contribution in [0.25, 0.3) is 11.0 Å². The third-order valence-electron chi connectivity index (χ3n) is 6.24. The second-order valence-corrected chi connectivity index (χ2v) is 8.67. The summed E-state index contributed by atoms with van der Waals surface area (Å²) in [6.07, 6.45) is 1.06. The Morgan fingerprint density at radius 2 is 1.65 bits per heavy atom. The molecule has 0 N–H and O–H groups in total. The molecule has 2 heterocycles. The number of carbonyl (C=O) groups excluding carboxylic acids is 1. The highest BCUT2D eigenvalue weighted by Gasteiger charge is 2.22. The van der Waals surface area contributed by atoms with Gasteiger partial charge in [-0.1, -0.05) is 42.5 Å². The van der Waals surface area contributed by atoms with Crippen molar-refractivity contribution in [3.63, 3.8) is 0 Å². The number of para-hydroxylation sites is 2. The molecule has 2 aromatic carbocycles. The van der Waals surface area contributed by atoms with Crippen LogP contribution in [0.15, 0.2) is 54.6 Å². The van der Waals surface area contributed by atoms with Crippen molar-refractivity contribution in [3.8, 4) is 0 Å². The lowest BCUT2D eigenvalue weighted by atomic mass is 10.1. The van der Waals surface area contributed by atoms with Crippen LogP contribution in [0.1, 0.15) is 30.8 Å². The van der Waals surface area contributed by atoms with Crippen molar-refractivity contribution in [2.75, 3.05) is 46.8 Å². The molecule has 0 aliphatic carbocycles. The minimum Gasteiger partial charge on any atom is -0.348 e. The number of imidazole rings is 1. The van der Waals surface area contributed by atoms with Gasteiger partial charge in [0.25, 0.3) is 0 Å². The van der Waals surface area contributed by atoms with Crippen LogP contribution >= 0.6 is 0 Å². The number of benzene rings is 2. The fourth-order valence-corrected chi connectivity index (χ4v) is 4.39. The molecule has 1 aliphatic heterocycles. The van der Waals surface area contributed by atoms with Crippen molar-refractivity contribution in [2.45, 2.75) is 25.9 Å². The molecule has 6 nitrogen and oxygen atoms in total. The van der Waals surface area contributed by atoms with E-state index in [1.807, 2.05) is 14.1 Å². The van der Waals surface area contributed by atoms with E-state index in [0.29, 0.717) is 6.54 Å². The topological polar surface area (TPSA) is 44.6 Å². The molecule has 1 fully saturated rings. The molecular weight excluding hydrogens is 386 g/mol. The molecule has 0 spiro atoms. The first kappa shape index (κ1) is 21.5. The molecule has 6 heteroatoms. The molecule has 31 heavy (non-hydrogen) atoms. The fraction of sp³-hybridized carbons (Fsp3) is 0.440. The average molecular weight is 420 g/mol. The maximum Gasteiger partial charge on any atom is 0.236 e. The predicted octanol–water partition coefficient (Wildman–Crippen LogP) is 3.24. The summed E-state index contributed by atoms with van der Waals surface area (Å²) in [4.78, 5) is 23.6. The molecule has 3 aromatic rings. The summed E-state index contributed by atoms with van der Waals surface area (Å²) in [5.74, 6) is 1.28. The second kappa shape index (κ2) is 9.62. The van der Waals surface area contributed by atoms with Gasteiger partial charge in [0, 0.05) is 27.2 Å². The number of carbonyl (C=O) groups is 1. The van der Waals surface area contributed by atoms with Crippen LogP contribution in [0.5, 0.6) is 0 Å². The molecule has 164 valence electrons. The van der Waals surface area contributed by atoms with E-state index in [-0.39, 0.29) is 11.9 Å². The molecular formula is C25H33N5O. The summed E-state index contributed by atoms with van der Waals surface area (Å²) in [6.45, 7) is 7.43. The lowest BCUT2D eigenvalue weighted by Crippen LogP contribution is -2.38. The van der Waals surface area contributed by atoms with Gasteiger partial charge in [-0.2, -0.15) is 0 Å². The number of nitrogens with zero attached hydrogens (tertiary/aromatic N) is 5. The van der Waals surface area contributed by atoms with Gasteiger partial charge in [0.1, 0.15) is 5.82 Å². The Balaban J connectivity index is 1.54. The highest BCUT2D eigenvalue weighted by Crippen LogP contribution is 2.27. The lowest BCUT2D eigenvalue weighted by molar-refractivity contribution is -0.129. The van der Waals surface area contributed by atoms with E-state index in [9.17, 15) is 4.79 Å². The van der Waals surface area contributed by atoms with Crippen LogP contribution in [0.3, 0.4) is 0 Å². The molecule has 1 atom stereocenters. The summed E-state index contributed by atoms with van der Waals surface area (Å²) in [5, 5.41) is 0. The van der Waals surface area contributed by atoms with Gasteiger partial charge in [-0.15, -0.1) is 0 Å². The third-order valence-corrected chi connectivity index (χ3v) is 6.24. The Kier molecular flexibility index (Phi) is 6.68. The van der Waals surface area contributed by atoms with Crippen LogP contribution < -0.4 is 0 Å². The Labute approximate surface area is 185 Å². The Morgan fingerprint density at radius 1 is 0.968 bits per heavy atom. The van der Waals surface area contributed by atoms with Crippen LogP contribution in [0, 0.1) is 0 Å². The van der Waals surface area contributed by atoms with Crippen LogP contribution in [0.2, 0.25) is 0 Å². The quantitative estimate of drug-likeness (QED) is 0.615. The monoisotopic (exact) mass is 419 g/mol. The zero-order valence-electron chi connectivity index (χ0n) is 18.9. The Morgan fingerprint density at radius 3 is 2.42 bits per heavy atom. The molecule has 1 amide bonds. The van der Waals surface area contributed by atoms with Crippen molar-refractivity contribution >= 4 is 16.9 Å². The number of aromatic nitrogens is 2. The van der Waals surface area contributed by atoms with E-state index in [0.717, 1.165) is 50.5 Å². The molecule has 1 aromatic heterocycles. The van der Waals surface area contributed by atoms with Gasteiger partial charge in [0.2, 0.25) is 5.91 Å². The van der Waals surface area contributed by atoms with Gasteiger partial charge < -0.3 is 9.47 Å². The van der Waals surface area contributed by atoms with Gasteiger partial charge in [0.15, 0.2) is 0 Å². The maximum absolute atomic E-state index is 12.1. The number of rotatable bonds is 6. The first-order valence-corrected chi connectivity index (χ1v) is 11.2. The SMILES string of the molecule is CC(c1ccccc1)n1c(CN2CCCN(CC(=O)N(C)C)CC2)nc2ccccc21. The van der Waals surface area contributed by atoms with E-state index >= 15 is 0 Å². The fourth-order valence-electron chi connectivity index (χ4n) is 4.39. The first-order chi connectivity index (χ1) is 15.0. The minimum absolute atomic E-state index is 0.173. The molecule has 0 saturated carbocycles. The smallest absolute Gasteiger partial charge is 0.236 e. The highest BCUT2D eigenvalue weighted by atomic mass is 16.2. The van der Waals surface area contributed by atoms with Crippen molar-refractivity contribution in [2.24, 2.45) is 0 Å². The van der Waals surface area contributed by atoms with Gasteiger partial charge in [-0.3, -0.25) is 14.6 Å². The van der Waals surface area contributed by atoms with Crippen molar-refractivity contribution in [3.05, 3.63) is 66.0 Å². The summed E-state index contributed by atoms with van der Waals surface area (Å²) in [6, 6.07) is 19.3. The molecule has 4 rings (SSSR count). The average Bonchev–Trinajstić information content (AvgIpc) is 2.99. The summed E-state index contributed by atoms with van der Waals surface area (Å²) >= 11 is 0. The number of fused-ring (bicyclic) bond motifs is 1. The zero-order chi connectivity index (χ0) is 21.8. The zero-order valence-corrected chi connectivity index (χ0v) is 18.9. The minimum atomic E-state index is 0.173. The van der Waals surface area contributed by atoms with Crippen LogP contribution in [-0.4, -0.2) is 77.0 Å². The van der Waals surface area contributed by atoms with Gasteiger partial charge >= 0.3 is 0 Å². The van der Waals surface area contributed by atoms with Gasteiger partial charge in [-0.05, 0) is 44.1 Å². The first-order valence-electron chi connectivity index (χ1n) is 11.2. The largest absolute Gasteiger partial charge is 0.348 e. The van der Waals surface area contributed by atoms with Crippen molar-refractivity contribution < 1.29 is 4.79 Å². The third kappa shape index (κ3) is 4.97. The summed E-state index contributed by atoms with van der Waals surface area (Å²) < 4.78 is 2.39. The van der Waals surface area contributed by atoms with E-state index < -0.39 is 0 Å². The summed E-state index contributed by atoms with van der Waals surface area (Å²) in [5.41, 5.74) is 3.52. The molecule has 1 aliphatic rings. The van der Waals surface area contributed by atoms with E-state index in [2.05, 4.69) is 75.9 Å². The van der Waals surface area contributed by atoms with Crippen molar-refractivity contribution in [1.82, 2.24) is 24.3 Å². The Hall–Kier alpha value is -2.70. The van der Waals surface area contributed by atoms with Crippen molar-refractivity contribution in [1.29, 1.82) is 0 Å². The molecule has 0 bridgehead atoms. The number of likely N-dealkylation sites (N-methyl/N-ethyl adjacent to an activating group) is 1. The van der Waals surface area contributed by atoms with E-state index in [4.69, 9.17) is 4.98 Å². The molecule has 1 unspecified atom stereocenters. The predicted molar refractivity (Wildman–Crippen MR) is 125 cm³/mol. The number of hydrogen-bond donors (Lipinski definition) is 0. The maximum atomic E-state index is 12.1.